The molecule has 0 saturated carbocycles. The third-order valence-corrected chi connectivity index (χ3v) is 8.89. The first kappa shape index (κ1) is 29.2. The number of hydrogen-bond donors (Lipinski definition) is 1. The Morgan fingerprint density at radius 2 is 1.93 bits per heavy atom. The van der Waals surface area contributed by atoms with Crippen LogP contribution in [0, 0.1) is 23.6 Å². The molecule has 1 aliphatic heterocycles. The van der Waals surface area contributed by atoms with Crippen molar-refractivity contribution in [2.75, 3.05) is 26.7 Å². The molecule has 1 aliphatic rings. The summed E-state index contributed by atoms with van der Waals surface area (Å²) in [6, 6.07) is 13.5. The molecular weight excluding hydrogens is 533 g/mol. The summed E-state index contributed by atoms with van der Waals surface area (Å²) in [5.74, 6) is 4.84. The van der Waals surface area contributed by atoms with Crippen molar-refractivity contribution in [3.05, 3.63) is 89.5 Å². The van der Waals surface area contributed by atoms with E-state index < -0.39 is 28.0 Å². The molecule has 2 heterocycles. The summed E-state index contributed by atoms with van der Waals surface area (Å²) in [6.45, 7) is 3.43. The minimum absolute atomic E-state index is 0.0630. The van der Waals surface area contributed by atoms with E-state index >= 15 is 0 Å². The number of likely N-dealkylation sites (N-methyl/N-ethyl adjacent to an activating group) is 1. The molecule has 0 aliphatic carbocycles. The number of carbonyl (C=O) groups excluding carboxylic acids is 1. The minimum atomic E-state index is -4.03. The number of pyridine rings is 1. The van der Waals surface area contributed by atoms with Crippen molar-refractivity contribution in [1.82, 2.24) is 14.2 Å². The van der Waals surface area contributed by atoms with Crippen LogP contribution in [0.25, 0.3) is 0 Å². The molecule has 1 amide bonds. The van der Waals surface area contributed by atoms with Crippen molar-refractivity contribution in [3.63, 3.8) is 0 Å². The number of halogens is 1. The van der Waals surface area contributed by atoms with Gasteiger partial charge in [0.1, 0.15) is 22.6 Å². The van der Waals surface area contributed by atoms with Gasteiger partial charge in [-0.3, -0.25) is 9.78 Å². The van der Waals surface area contributed by atoms with Crippen molar-refractivity contribution < 1.29 is 27.4 Å². The Balaban J connectivity index is 1.68. The van der Waals surface area contributed by atoms with Crippen LogP contribution in [0.5, 0.6) is 5.75 Å². The van der Waals surface area contributed by atoms with Gasteiger partial charge in [0.05, 0.1) is 25.1 Å². The zero-order valence-corrected chi connectivity index (χ0v) is 23.4. The largest absolute Gasteiger partial charge is 0.487 e. The van der Waals surface area contributed by atoms with Gasteiger partial charge in [-0.2, -0.15) is 4.31 Å². The molecule has 0 fully saturated rings. The third kappa shape index (κ3) is 6.67. The molecule has 8 nitrogen and oxygen atoms in total. The van der Waals surface area contributed by atoms with Gasteiger partial charge in [0.25, 0.3) is 0 Å². The van der Waals surface area contributed by atoms with E-state index in [0.717, 1.165) is 5.56 Å². The minimum Gasteiger partial charge on any atom is -0.487 e. The van der Waals surface area contributed by atoms with Gasteiger partial charge in [-0.05, 0) is 55.0 Å². The number of nitrogens with zero attached hydrogens (tertiary/aromatic N) is 3. The van der Waals surface area contributed by atoms with E-state index in [9.17, 15) is 22.7 Å². The van der Waals surface area contributed by atoms with Gasteiger partial charge in [-0.15, -0.1) is 0 Å². The van der Waals surface area contributed by atoms with Crippen LogP contribution in [0.4, 0.5) is 4.39 Å². The molecule has 0 spiro atoms. The predicted molar refractivity (Wildman–Crippen MR) is 148 cm³/mol. The van der Waals surface area contributed by atoms with Crippen LogP contribution in [0.3, 0.4) is 0 Å². The number of sulfonamides is 1. The monoisotopic (exact) mass is 565 g/mol. The fraction of sp³-hybridized carbons (Fsp3) is 0.333. The molecule has 0 radical (unpaired) electrons. The van der Waals surface area contributed by atoms with Crippen LogP contribution in [0.15, 0.2) is 71.9 Å². The summed E-state index contributed by atoms with van der Waals surface area (Å²) in [5.41, 5.74) is 1.48. The number of aromatic nitrogens is 1. The second-order valence-electron chi connectivity index (χ2n) is 9.94. The number of fused-ring (bicyclic) bond motifs is 1. The Morgan fingerprint density at radius 3 is 2.62 bits per heavy atom. The van der Waals surface area contributed by atoms with E-state index in [1.54, 1.807) is 67.7 Å². The van der Waals surface area contributed by atoms with E-state index in [-0.39, 0.29) is 54.2 Å². The van der Waals surface area contributed by atoms with E-state index in [1.165, 1.54) is 22.5 Å². The Labute approximate surface area is 234 Å². The van der Waals surface area contributed by atoms with E-state index in [0.29, 0.717) is 5.56 Å². The molecule has 3 atom stereocenters. The zero-order valence-electron chi connectivity index (χ0n) is 22.6. The summed E-state index contributed by atoms with van der Waals surface area (Å²) in [5, 5.41) is 9.84. The SMILES string of the molecule is C[C@H](CO)N1C[C@H](C)[C@H](CN(C)C(=O)Cc2ccncc2)Oc2cc(C#Cc3ccccc3F)ccc2S1(=O)=O. The summed E-state index contributed by atoms with van der Waals surface area (Å²) in [7, 11) is -2.35. The molecule has 2 aromatic carbocycles. The number of amides is 1. The van der Waals surface area contributed by atoms with Crippen LogP contribution in [-0.2, 0) is 21.2 Å². The molecule has 3 aromatic rings. The summed E-state index contributed by atoms with van der Waals surface area (Å²) in [4.78, 5) is 18.5. The van der Waals surface area contributed by atoms with Crippen LogP contribution >= 0.6 is 0 Å². The fourth-order valence-electron chi connectivity index (χ4n) is 4.41. The first-order valence-corrected chi connectivity index (χ1v) is 14.4. The topological polar surface area (TPSA) is 100 Å². The maximum Gasteiger partial charge on any atom is 0.247 e. The van der Waals surface area contributed by atoms with Crippen molar-refractivity contribution in [2.24, 2.45) is 5.92 Å². The smallest absolute Gasteiger partial charge is 0.247 e. The lowest BCUT2D eigenvalue weighted by Gasteiger charge is -2.37. The maximum atomic E-state index is 14.1. The molecule has 0 bridgehead atoms. The number of aliphatic hydroxyl groups is 1. The first-order valence-electron chi connectivity index (χ1n) is 12.9. The molecule has 0 unspecified atom stereocenters. The third-order valence-electron chi connectivity index (χ3n) is 6.87. The average Bonchev–Trinajstić information content (AvgIpc) is 2.94. The maximum absolute atomic E-state index is 14.1. The fourth-order valence-corrected chi connectivity index (χ4v) is 6.23. The van der Waals surface area contributed by atoms with Crippen molar-refractivity contribution in [3.8, 4) is 17.6 Å². The number of carbonyl (C=O) groups is 1. The van der Waals surface area contributed by atoms with Crippen LogP contribution < -0.4 is 4.74 Å². The van der Waals surface area contributed by atoms with Crippen LogP contribution in [0.1, 0.15) is 30.5 Å². The number of aliphatic hydroxyl groups excluding tert-OH is 1. The number of benzene rings is 2. The second-order valence-corrected chi connectivity index (χ2v) is 11.8. The Kier molecular flexibility index (Phi) is 9.20. The predicted octanol–water partition coefficient (Wildman–Crippen LogP) is 3.09. The molecule has 10 heteroatoms. The average molecular weight is 566 g/mol. The summed E-state index contributed by atoms with van der Waals surface area (Å²) in [6.07, 6.45) is 2.88. The molecule has 4 rings (SSSR count). The number of rotatable bonds is 6. The Hall–Kier alpha value is -3.78. The molecule has 210 valence electrons. The van der Waals surface area contributed by atoms with Crippen molar-refractivity contribution in [2.45, 2.75) is 37.3 Å². The molecule has 1 aromatic heterocycles. The molecule has 40 heavy (non-hydrogen) atoms. The number of hydrogen-bond acceptors (Lipinski definition) is 6. The van der Waals surface area contributed by atoms with Gasteiger partial charge < -0.3 is 14.7 Å². The van der Waals surface area contributed by atoms with Crippen molar-refractivity contribution >= 4 is 15.9 Å². The van der Waals surface area contributed by atoms with E-state index in [4.69, 9.17) is 4.74 Å². The van der Waals surface area contributed by atoms with Crippen molar-refractivity contribution in [1.29, 1.82) is 0 Å². The second kappa shape index (κ2) is 12.6. The Morgan fingerprint density at radius 1 is 1.20 bits per heavy atom. The first-order chi connectivity index (χ1) is 19.1. The van der Waals surface area contributed by atoms with Gasteiger partial charge in [-0.25, -0.2) is 12.8 Å². The highest BCUT2D eigenvalue weighted by Gasteiger charge is 2.38. The highest BCUT2D eigenvalue weighted by molar-refractivity contribution is 7.89. The van der Waals surface area contributed by atoms with Gasteiger partial charge in [0.15, 0.2) is 0 Å². The van der Waals surface area contributed by atoms with E-state index in [1.807, 2.05) is 6.92 Å². The van der Waals surface area contributed by atoms with E-state index in [2.05, 4.69) is 16.8 Å². The number of ether oxygens (including phenoxy) is 1. The quantitative estimate of drug-likeness (QED) is 0.461. The van der Waals surface area contributed by atoms with Gasteiger partial charge in [0.2, 0.25) is 15.9 Å². The summed E-state index contributed by atoms with van der Waals surface area (Å²) < 4.78 is 49.0. The summed E-state index contributed by atoms with van der Waals surface area (Å²) >= 11 is 0. The molecule has 1 N–H and O–H groups in total. The lowest BCUT2D eigenvalue weighted by atomic mass is 10.0. The Bertz CT molecular complexity index is 1520. The lowest BCUT2D eigenvalue weighted by Crippen LogP contribution is -2.50. The standard InChI is InChI=1S/C30H32FN3O5S/c1-21-18-34(22(2)20-35)40(37,38)29-11-9-23(8-10-25-6-4-5-7-26(25)31)16-27(29)39-28(21)19-33(3)30(36)17-24-12-14-32-15-13-24/h4-7,9,11-16,21-22,28,35H,17-20H2,1-3H3/t21-,22+,28-/m0/s1. The highest BCUT2D eigenvalue weighted by atomic mass is 32.2. The normalized spacial score (nSPS) is 19.1. The lowest BCUT2D eigenvalue weighted by molar-refractivity contribution is -0.130. The highest BCUT2D eigenvalue weighted by Crippen LogP contribution is 2.34. The van der Waals surface area contributed by atoms with Gasteiger partial charge in [-0.1, -0.05) is 30.9 Å². The molecule has 0 saturated heterocycles. The van der Waals surface area contributed by atoms with Crippen LogP contribution in [0.2, 0.25) is 0 Å². The van der Waals surface area contributed by atoms with Gasteiger partial charge in [0, 0.05) is 43.5 Å². The van der Waals surface area contributed by atoms with Crippen LogP contribution in [-0.4, -0.2) is 72.5 Å². The zero-order chi connectivity index (χ0) is 28.9. The molecular formula is C30H32FN3O5S. The van der Waals surface area contributed by atoms with Gasteiger partial charge >= 0.3 is 0 Å².